The van der Waals surface area contributed by atoms with Crippen molar-refractivity contribution in [2.75, 3.05) is 6.54 Å². The highest BCUT2D eigenvalue weighted by Gasteiger charge is 2.14. The minimum absolute atomic E-state index is 0.0684. The van der Waals surface area contributed by atoms with Gasteiger partial charge in [-0.05, 0) is 12.5 Å². The van der Waals surface area contributed by atoms with Crippen LogP contribution in [0.15, 0.2) is 34.6 Å². The van der Waals surface area contributed by atoms with E-state index < -0.39 is 15.6 Å². The quantitative estimate of drug-likeness (QED) is 0.611. The number of hydrogen-bond acceptors (Lipinski definition) is 3. The average Bonchev–Trinajstić information content (AvgIpc) is 2.22. The summed E-state index contributed by atoms with van der Waals surface area (Å²) in [5.74, 6) is 0. The van der Waals surface area contributed by atoms with Gasteiger partial charge < -0.3 is 4.98 Å². The van der Waals surface area contributed by atoms with Crippen LogP contribution < -0.4 is 10.3 Å². The molecule has 1 rings (SSSR count). The second-order valence-corrected chi connectivity index (χ2v) is 5.16. The molecule has 0 saturated heterocycles. The molecular formula is C9H11ClN2O3S. The van der Waals surface area contributed by atoms with Crippen molar-refractivity contribution in [3.63, 3.8) is 0 Å². The largest absolute Gasteiger partial charge is 0.326 e. The Morgan fingerprint density at radius 2 is 2.25 bits per heavy atom. The lowest BCUT2D eigenvalue weighted by Crippen LogP contribution is -2.25. The molecule has 2 N–H and O–H groups in total. The third-order valence-corrected chi connectivity index (χ3v) is 3.50. The van der Waals surface area contributed by atoms with Crippen molar-refractivity contribution < 1.29 is 8.42 Å². The minimum Gasteiger partial charge on any atom is -0.326 e. The molecule has 5 nitrogen and oxygen atoms in total. The van der Waals surface area contributed by atoms with Gasteiger partial charge in [0.15, 0.2) is 0 Å². The van der Waals surface area contributed by atoms with Crippen molar-refractivity contribution in [3.8, 4) is 0 Å². The van der Waals surface area contributed by atoms with E-state index >= 15 is 0 Å². The average molecular weight is 263 g/mol. The first-order valence-corrected chi connectivity index (χ1v) is 6.32. The molecule has 88 valence electrons. The highest BCUT2D eigenvalue weighted by Crippen LogP contribution is 2.09. The first-order valence-electron chi connectivity index (χ1n) is 4.46. The van der Waals surface area contributed by atoms with Gasteiger partial charge in [-0.3, -0.25) is 4.79 Å². The van der Waals surface area contributed by atoms with Gasteiger partial charge in [0.1, 0.15) is 5.02 Å². The van der Waals surface area contributed by atoms with Crippen LogP contribution in [-0.4, -0.2) is 19.9 Å². The zero-order valence-corrected chi connectivity index (χ0v) is 9.94. The Bertz CT molecular complexity index is 536. The van der Waals surface area contributed by atoms with Crippen molar-refractivity contribution >= 4 is 21.6 Å². The van der Waals surface area contributed by atoms with Crippen molar-refractivity contribution in [1.29, 1.82) is 0 Å². The topological polar surface area (TPSA) is 79.0 Å². The Morgan fingerprint density at radius 3 is 2.81 bits per heavy atom. The number of nitrogens with one attached hydrogen (secondary N) is 2. The lowest BCUT2D eigenvalue weighted by molar-refractivity contribution is 0.581. The van der Waals surface area contributed by atoms with Gasteiger partial charge >= 0.3 is 0 Å². The van der Waals surface area contributed by atoms with E-state index in [1.54, 1.807) is 6.08 Å². The lowest BCUT2D eigenvalue weighted by Gasteiger charge is -2.05. The summed E-state index contributed by atoms with van der Waals surface area (Å²) in [6.07, 6.45) is 3.23. The third kappa shape index (κ3) is 3.19. The van der Waals surface area contributed by atoms with E-state index in [-0.39, 0.29) is 16.5 Å². The molecule has 0 aliphatic carbocycles. The normalized spacial score (nSPS) is 11.3. The van der Waals surface area contributed by atoms with Crippen LogP contribution in [0.2, 0.25) is 5.02 Å². The highest BCUT2D eigenvalue weighted by atomic mass is 35.5. The highest BCUT2D eigenvalue weighted by molar-refractivity contribution is 7.89. The molecule has 0 aliphatic rings. The molecule has 0 unspecified atom stereocenters. The van der Waals surface area contributed by atoms with Crippen molar-refractivity contribution in [2.24, 2.45) is 0 Å². The number of halogens is 1. The molecule has 0 aliphatic heterocycles. The fraction of sp³-hybridized carbons (Fsp3) is 0.222. The fourth-order valence-electron chi connectivity index (χ4n) is 0.972. The van der Waals surface area contributed by atoms with E-state index in [9.17, 15) is 13.2 Å². The van der Waals surface area contributed by atoms with Gasteiger partial charge in [-0.2, -0.15) is 0 Å². The smallest absolute Gasteiger partial charge is 0.266 e. The van der Waals surface area contributed by atoms with Gasteiger partial charge in [-0.15, -0.1) is 6.58 Å². The number of sulfonamides is 1. The van der Waals surface area contributed by atoms with E-state index in [4.69, 9.17) is 11.6 Å². The maximum atomic E-state index is 11.6. The first kappa shape index (κ1) is 13.0. The van der Waals surface area contributed by atoms with Gasteiger partial charge in [0.25, 0.3) is 5.56 Å². The van der Waals surface area contributed by atoms with Crippen LogP contribution in [-0.2, 0) is 10.0 Å². The van der Waals surface area contributed by atoms with E-state index in [0.29, 0.717) is 6.42 Å². The summed E-state index contributed by atoms with van der Waals surface area (Å²) in [5.41, 5.74) is -0.522. The molecular weight excluding hydrogens is 252 g/mol. The van der Waals surface area contributed by atoms with Crippen molar-refractivity contribution in [2.45, 2.75) is 11.3 Å². The second-order valence-electron chi connectivity index (χ2n) is 2.99. The summed E-state index contributed by atoms with van der Waals surface area (Å²) in [6.45, 7) is 3.73. The van der Waals surface area contributed by atoms with E-state index in [1.807, 2.05) is 0 Å². The maximum Gasteiger partial charge on any atom is 0.266 e. The molecule has 7 heteroatoms. The molecule has 0 bridgehead atoms. The van der Waals surface area contributed by atoms with Crippen LogP contribution in [0, 0.1) is 0 Å². The van der Waals surface area contributed by atoms with E-state index in [0.717, 1.165) is 12.3 Å². The summed E-state index contributed by atoms with van der Waals surface area (Å²) < 4.78 is 25.6. The molecule has 0 fully saturated rings. The zero-order chi connectivity index (χ0) is 12.2. The second kappa shape index (κ2) is 5.29. The Labute approximate surface area is 98.2 Å². The number of pyridine rings is 1. The number of aromatic nitrogens is 1. The zero-order valence-electron chi connectivity index (χ0n) is 8.36. The minimum atomic E-state index is -3.62. The van der Waals surface area contributed by atoms with Crippen LogP contribution in [0.1, 0.15) is 6.42 Å². The Hall–Kier alpha value is -1.11. The predicted octanol–water partition coefficient (Wildman–Crippen LogP) is 0.883. The number of aromatic amines is 1. The Balaban J connectivity index is 2.94. The Kier molecular flexibility index (Phi) is 4.28. The maximum absolute atomic E-state index is 11.6. The van der Waals surface area contributed by atoms with Gasteiger partial charge in [-0.1, -0.05) is 17.7 Å². The summed E-state index contributed by atoms with van der Waals surface area (Å²) in [6, 6.07) is 1.11. The number of H-pyrrole nitrogens is 1. The molecule has 1 heterocycles. The molecule has 16 heavy (non-hydrogen) atoms. The van der Waals surface area contributed by atoms with Gasteiger partial charge in [0.05, 0.1) is 4.90 Å². The molecule has 0 saturated carbocycles. The lowest BCUT2D eigenvalue weighted by atomic mass is 10.4. The molecule has 1 aromatic heterocycles. The molecule has 0 amide bonds. The van der Waals surface area contributed by atoms with Gasteiger partial charge in [0, 0.05) is 12.7 Å². The van der Waals surface area contributed by atoms with Crippen LogP contribution in [0.4, 0.5) is 0 Å². The van der Waals surface area contributed by atoms with Crippen LogP contribution in [0.3, 0.4) is 0 Å². The van der Waals surface area contributed by atoms with Crippen molar-refractivity contribution in [3.05, 3.63) is 40.3 Å². The summed E-state index contributed by atoms with van der Waals surface area (Å²) >= 11 is 5.53. The van der Waals surface area contributed by atoms with Crippen LogP contribution in [0.25, 0.3) is 0 Å². The van der Waals surface area contributed by atoms with Gasteiger partial charge in [0.2, 0.25) is 10.0 Å². The molecule has 0 atom stereocenters. The first-order chi connectivity index (χ1) is 7.47. The number of rotatable bonds is 5. The third-order valence-electron chi connectivity index (χ3n) is 1.78. The van der Waals surface area contributed by atoms with E-state index in [2.05, 4.69) is 16.3 Å². The summed E-state index contributed by atoms with van der Waals surface area (Å²) in [4.78, 5) is 13.1. The van der Waals surface area contributed by atoms with Crippen molar-refractivity contribution in [1.82, 2.24) is 9.71 Å². The standard InChI is InChI=1S/C9H11ClN2O3S/c1-2-3-4-12-16(14,15)7-5-8(10)9(13)11-6-7/h2,5-6,12H,1,3-4H2,(H,11,13). The van der Waals surface area contributed by atoms with E-state index in [1.165, 1.54) is 0 Å². The summed E-state index contributed by atoms with van der Waals surface area (Å²) in [7, 11) is -3.62. The summed E-state index contributed by atoms with van der Waals surface area (Å²) in [5, 5.41) is -0.161. The molecule has 0 aromatic carbocycles. The SMILES string of the molecule is C=CCCNS(=O)(=O)c1c[nH]c(=O)c(Cl)c1. The van der Waals surface area contributed by atoms with Crippen LogP contribution >= 0.6 is 11.6 Å². The predicted molar refractivity (Wildman–Crippen MR) is 62.1 cm³/mol. The fourth-order valence-corrected chi connectivity index (χ4v) is 2.25. The number of hydrogen-bond donors (Lipinski definition) is 2. The van der Waals surface area contributed by atoms with Gasteiger partial charge in [-0.25, -0.2) is 13.1 Å². The van der Waals surface area contributed by atoms with Crippen LogP contribution in [0.5, 0.6) is 0 Å². The monoisotopic (exact) mass is 262 g/mol. The molecule has 1 aromatic rings. The Morgan fingerprint density at radius 1 is 1.56 bits per heavy atom. The molecule has 0 spiro atoms. The molecule has 0 radical (unpaired) electrons.